The molecule has 112 valence electrons. The monoisotopic (exact) mass is 328 g/mol. The molecule has 0 aromatic heterocycles. The molecule has 0 heterocycles. The van der Waals surface area contributed by atoms with Crippen molar-refractivity contribution in [2.24, 2.45) is 0 Å². The molecule has 0 spiro atoms. The molecule has 7 heteroatoms. The highest BCUT2D eigenvalue weighted by Gasteiger charge is 2.21. The Labute approximate surface area is 127 Å². The van der Waals surface area contributed by atoms with Crippen LogP contribution in [-0.2, 0) is 16.6 Å². The minimum atomic E-state index is -4.04. The predicted molar refractivity (Wildman–Crippen MR) is 81.0 cm³/mol. The van der Waals surface area contributed by atoms with E-state index in [0.29, 0.717) is 0 Å². The summed E-state index contributed by atoms with van der Waals surface area (Å²) in [5, 5.41) is -0.328. The second-order valence-electron chi connectivity index (χ2n) is 4.63. The number of benzene rings is 2. The van der Waals surface area contributed by atoms with Crippen molar-refractivity contribution in [3.05, 3.63) is 58.4 Å². The number of nitrogens with one attached hydrogen (secondary N) is 1. The maximum atomic E-state index is 13.9. The minimum absolute atomic E-state index is 0.0515. The third-order valence-electron chi connectivity index (χ3n) is 2.86. The number of anilines is 1. The molecular formula is C14H14ClFN2O2S. The maximum Gasteiger partial charge on any atom is 0.243 e. The standard InChI is InChI=1S/C14H14ClFN2O2S/c1-9-3-2-4-10(5-9)8-18-21(19,20)13-7-11(17)6-12(15)14(13)16/h2-7,18H,8,17H2,1H3. The van der Waals surface area contributed by atoms with Crippen LogP contribution < -0.4 is 10.5 Å². The Morgan fingerprint density at radius 2 is 2.00 bits per heavy atom. The summed E-state index contributed by atoms with van der Waals surface area (Å²) < 4.78 is 40.5. The number of nitrogens with two attached hydrogens (primary N) is 1. The minimum Gasteiger partial charge on any atom is -0.399 e. The molecule has 0 bridgehead atoms. The van der Waals surface area contributed by atoms with Crippen molar-refractivity contribution in [2.45, 2.75) is 18.4 Å². The van der Waals surface area contributed by atoms with Crippen LogP contribution in [0.1, 0.15) is 11.1 Å². The number of hydrogen-bond acceptors (Lipinski definition) is 3. The first kappa shape index (κ1) is 15.8. The summed E-state index contributed by atoms with van der Waals surface area (Å²) >= 11 is 5.62. The number of sulfonamides is 1. The predicted octanol–water partition coefficient (Wildman–Crippen LogP) is 2.85. The number of halogens is 2. The summed E-state index contributed by atoms with van der Waals surface area (Å²) in [6.45, 7) is 1.95. The second kappa shape index (κ2) is 6.01. The lowest BCUT2D eigenvalue weighted by atomic mass is 10.1. The van der Waals surface area contributed by atoms with Gasteiger partial charge in [-0.1, -0.05) is 41.4 Å². The summed E-state index contributed by atoms with van der Waals surface area (Å²) in [6, 6.07) is 9.53. The Kier molecular flexibility index (Phi) is 4.51. The lowest BCUT2D eigenvalue weighted by molar-refractivity contribution is 0.557. The van der Waals surface area contributed by atoms with Gasteiger partial charge in [-0.05, 0) is 24.6 Å². The second-order valence-corrected chi connectivity index (χ2v) is 6.77. The van der Waals surface area contributed by atoms with E-state index in [4.69, 9.17) is 17.3 Å². The van der Waals surface area contributed by atoms with Crippen LogP contribution >= 0.6 is 11.6 Å². The van der Waals surface area contributed by atoms with Crippen LogP contribution in [0.15, 0.2) is 41.3 Å². The first-order valence-electron chi connectivity index (χ1n) is 6.09. The van der Waals surface area contributed by atoms with Crippen molar-refractivity contribution in [3.63, 3.8) is 0 Å². The first-order valence-corrected chi connectivity index (χ1v) is 7.95. The maximum absolute atomic E-state index is 13.9. The quantitative estimate of drug-likeness (QED) is 0.848. The number of nitrogen functional groups attached to an aromatic ring is 1. The van der Waals surface area contributed by atoms with E-state index in [1.165, 1.54) is 0 Å². The van der Waals surface area contributed by atoms with E-state index in [1.807, 2.05) is 25.1 Å². The molecule has 0 radical (unpaired) electrons. The van der Waals surface area contributed by atoms with Crippen molar-refractivity contribution in [3.8, 4) is 0 Å². The van der Waals surface area contributed by atoms with Gasteiger partial charge in [0.25, 0.3) is 0 Å². The molecule has 0 saturated carbocycles. The topological polar surface area (TPSA) is 72.2 Å². The molecule has 0 fully saturated rings. The van der Waals surface area contributed by atoms with E-state index in [0.717, 1.165) is 23.3 Å². The van der Waals surface area contributed by atoms with Gasteiger partial charge in [0.1, 0.15) is 4.90 Å². The van der Waals surface area contributed by atoms with Gasteiger partial charge in [-0.3, -0.25) is 0 Å². The van der Waals surface area contributed by atoms with Gasteiger partial charge in [0.15, 0.2) is 5.82 Å². The Morgan fingerprint density at radius 1 is 1.29 bits per heavy atom. The van der Waals surface area contributed by atoms with E-state index in [1.54, 1.807) is 6.07 Å². The molecule has 21 heavy (non-hydrogen) atoms. The average molecular weight is 329 g/mol. The van der Waals surface area contributed by atoms with Gasteiger partial charge in [-0.15, -0.1) is 0 Å². The van der Waals surface area contributed by atoms with E-state index in [2.05, 4.69) is 4.72 Å². The highest BCUT2D eigenvalue weighted by molar-refractivity contribution is 7.89. The van der Waals surface area contributed by atoms with E-state index >= 15 is 0 Å². The SMILES string of the molecule is Cc1cccc(CNS(=O)(=O)c2cc(N)cc(Cl)c2F)c1. The first-order chi connectivity index (χ1) is 9.79. The highest BCUT2D eigenvalue weighted by Crippen LogP contribution is 2.25. The fraction of sp³-hybridized carbons (Fsp3) is 0.143. The van der Waals surface area contributed by atoms with Crippen LogP contribution in [0.3, 0.4) is 0 Å². The number of aryl methyl sites for hydroxylation is 1. The summed E-state index contributed by atoms with van der Waals surface area (Å²) in [7, 11) is -4.04. The van der Waals surface area contributed by atoms with Crippen LogP contribution in [0.25, 0.3) is 0 Å². The van der Waals surface area contributed by atoms with Gasteiger partial charge < -0.3 is 5.73 Å². The molecule has 0 unspecified atom stereocenters. The fourth-order valence-corrected chi connectivity index (χ4v) is 3.29. The van der Waals surface area contributed by atoms with Crippen molar-refractivity contribution < 1.29 is 12.8 Å². The lowest BCUT2D eigenvalue weighted by Crippen LogP contribution is -2.24. The van der Waals surface area contributed by atoms with E-state index < -0.39 is 20.7 Å². The summed E-state index contributed by atoms with van der Waals surface area (Å²) in [4.78, 5) is -0.555. The zero-order valence-electron chi connectivity index (χ0n) is 11.2. The molecule has 0 saturated heterocycles. The average Bonchev–Trinajstić information content (AvgIpc) is 2.41. The molecule has 2 rings (SSSR count). The molecule has 0 aliphatic heterocycles. The normalized spacial score (nSPS) is 11.6. The molecule has 0 atom stereocenters. The van der Waals surface area contributed by atoms with Gasteiger partial charge >= 0.3 is 0 Å². The highest BCUT2D eigenvalue weighted by atomic mass is 35.5. The zero-order valence-corrected chi connectivity index (χ0v) is 12.8. The van der Waals surface area contributed by atoms with Gasteiger partial charge in [0, 0.05) is 12.2 Å². The Bertz CT molecular complexity index is 779. The molecule has 3 N–H and O–H groups in total. The van der Waals surface area contributed by atoms with Crippen molar-refractivity contribution in [1.82, 2.24) is 4.72 Å². The summed E-state index contributed by atoms with van der Waals surface area (Å²) in [5.41, 5.74) is 7.37. The largest absolute Gasteiger partial charge is 0.399 e. The van der Waals surface area contributed by atoms with Crippen molar-refractivity contribution >= 4 is 27.3 Å². The number of rotatable bonds is 4. The lowest BCUT2D eigenvalue weighted by Gasteiger charge is -2.10. The smallest absolute Gasteiger partial charge is 0.243 e. The molecule has 2 aromatic rings. The van der Waals surface area contributed by atoms with Crippen LogP contribution in [-0.4, -0.2) is 8.42 Å². The Balaban J connectivity index is 2.27. The molecule has 2 aromatic carbocycles. The number of hydrogen-bond donors (Lipinski definition) is 2. The van der Waals surface area contributed by atoms with E-state index in [9.17, 15) is 12.8 Å². The van der Waals surface area contributed by atoms with Crippen LogP contribution in [0.4, 0.5) is 10.1 Å². The van der Waals surface area contributed by atoms with Crippen LogP contribution in [0.5, 0.6) is 0 Å². The van der Waals surface area contributed by atoms with Gasteiger partial charge in [0.2, 0.25) is 10.0 Å². The zero-order chi connectivity index (χ0) is 15.6. The van der Waals surface area contributed by atoms with Crippen molar-refractivity contribution in [1.29, 1.82) is 0 Å². The van der Waals surface area contributed by atoms with E-state index in [-0.39, 0.29) is 17.3 Å². The summed E-state index contributed by atoms with van der Waals surface area (Å²) in [5.74, 6) is -1.01. The van der Waals surface area contributed by atoms with Crippen LogP contribution in [0.2, 0.25) is 5.02 Å². The van der Waals surface area contributed by atoms with Crippen molar-refractivity contribution in [2.75, 3.05) is 5.73 Å². The molecular weight excluding hydrogens is 315 g/mol. The molecule has 0 amide bonds. The fourth-order valence-electron chi connectivity index (χ4n) is 1.86. The molecule has 0 aliphatic rings. The molecule has 0 aliphatic carbocycles. The third kappa shape index (κ3) is 3.72. The van der Waals surface area contributed by atoms with Gasteiger partial charge in [0.05, 0.1) is 5.02 Å². The summed E-state index contributed by atoms with van der Waals surface area (Å²) in [6.07, 6.45) is 0. The van der Waals surface area contributed by atoms with Gasteiger partial charge in [-0.25, -0.2) is 17.5 Å². The Hall–Kier alpha value is -1.63. The van der Waals surface area contributed by atoms with Gasteiger partial charge in [-0.2, -0.15) is 0 Å². The molecule has 4 nitrogen and oxygen atoms in total. The third-order valence-corrected chi connectivity index (χ3v) is 4.53. The Morgan fingerprint density at radius 3 is 2.67 bits per heavy atom. The van der Waals surface area contributed by atoms with Crippen LogP contribution in [0, 0.1) is 12.7 Å².